The molecular formula is C16H12O5. The Labute approximate surface area is 120 Å². The SMILES string of the molecule is O=C1OC(O)(C(=O)OCc2ccccc2)c2ccccc21. The molecule has 106 valence electrons. The summed E-state index contributed by atoms with van der Waals surface area (Å²) in [6, 6.07) is 15.2. The van der Waals surface area contributed by atoms with E-state index < -0.39 is 17.7 Å². The molecule has 0 saturated heterocycles. The lowest BCUT2D eigenvalue weighted by molar-refractivity contribution is -0.211. The van der Waals surface area contributed by atoms with Crippen molar-refractivity contribution >= 4 is 11.9 Å². The third-order valence-electron chi connectivity index (χ3n) is 3.24. The van der Waals surface area contributed by atoms with Crippen LogP contribution in [-0.4, -0.2) is 17.0 Å². The Morgan fingerprint density at radius 1 is 1.10 bits per heavy atom. The van der Waals surface area contributed by atoms with Gasteiger partial charge in [-0.2, -0.15) is 0 Å². The third kappa shape index (κ3) is 2.28. The second-order valence-corrected chi connectivity index (χ2v) is 4.64. The molecule has 1 aliphatic rings. The summed E-state index contributed by atoms with van der Waals surface area (Å²) in [7, 11) is 0. The van der Waals surface area contributed by atoms with E-state index in [1.54, 1.807) is 24.3 Å². The third-order valence-corrected chi connectivity index (χ3v) is 3.24. The van der Waals surface area contributed by atoms with Crippen LogP contribution in [0.15, 0.2) is 54.6 Å². The van der Waals surface area contributed by atoms with Crippen molar-refractivity contribution in [1.29, 1.82) is 0 Å². The van der Waals surface area contributed by atoms with Crippen LogP contribution < -0.4 is 0 Å². The van der Waals surface area contributed by atoms with Gasteiger partial charge in [-0.15, -0.1) is 0 Å². The first-order valence-corrected chi connectivity index (χ1v) is 6.37. The summed E-state index contributed by atoms with van der Waals surface area (Å²) in [6.45, 7) is -0.0122. The van der Waals surface area contributed by atoms with Gasteiger partial charge >= 0.3 is 17.7 Å². The van der Waals surface area contributed by atoms with Crippen molar-refractivity contribution in [2.75, 3.05) is 0 Å². The van der Waals surface area contributed by atoms with Crippen LogP contribution in [0.3, 0.4) is 0 Å². The molecule has 0 spiro atoms. The zero-order valence-corrected chi connectivity index (χ0v) is 11.0. The molecule has 2 aromatic rings. The zero-order chi connectivity index (χ0) is 14.9. The fraction of sp³-hybridized carbons (Fsp3) is 0.125. The van der Waals surface area contributed by atoms with Gasteiger partial charge in [0.2, 0.25) is 0 Å². The monoisotopic (exact) mass is 284 g/mol. The normalized spacial score (nSPS) is 19.8. The van der Waals surface area contributed by atoms with Crippen molar-refractivity contribution in [2.24, 2.45) is 0 Å². The molecule has 0 amide bonds. The summed E-state index contributed by atoms with van der Waals surface area (Å²) < 4.78 is 9.87. The van der Waals surface area contributed by atoms with Crippen LogP contribution in [0.25, 0.3) is 0 Å². The molecular weight excluding hydrogens is 272 g/mol. The number of ether oxygens (including phenoxy) is 2. The number of fused-ring (bicyclic) bond motifs is 1. The first kappa shape index (κ1) is 13.3. The van der Waals surface area contributed by atoms with E-state index in [4.69, 9.17) is 9.47 Å². The highest BCUT2D eigenvalue weighted by Crippen LogP contribution is 2.35. The predicted octanol–water partition coefficient (Wildman–Crippen LogP) is 1.75. The molecule has 0 bridgehead atoms. The van der Waals surface area contributed by atoms with E-state index >= 15 is 0 Å². The molecule has 0 radical (unpaired) electrons. The lowest BCUT2D eigenvalue weighted by atomic mass is 10.0. The van der Waals surface area contributed by atoms with Gasteiger partial charge in [-0.1, -0.05) is 48.5 Å². The molecule has 5 heteroatoms. The van der Waals surface area contributed by atoms with E-state index in [2.05, 4.69) is 0 Å². The van der Waals surface area contributed by atoms with Crippen LogP contribution in [0.4, 0.5) is 0 Å². The van der Waals surface area contributed by atoms with Gasteiger partial charge in [0.15, 0.2) is 0 Å². The second kappa shape index (κ2) is 5.03. The Balaban J connectivity index is 1.80. The molecule has 21 heavy (non-hydrogen) atoms. The fourth-order valence-electron chi connectivity index (χ4n) is 2.17. The predicted molar refractivity (Wildman–Crippen MR) is 72.0 cm³/mol. The van der Waals surface area contributed by atoms with Gasteiger partial charge in [0, 0.05) is 5.56 Å². The molecule has 2 aromatic carbocycles. The number of cyclic esters (lactones) is 1. The average molecular weight is 284 g/mol. The van der Waals surface area contributed by atoms with E-state index in [1.165, 1.54) is 12.1 Å². The van der Waals surface area contributed by atoms with Gasteiger partial charge in [0.05, 0.1) is 5.56 Å². The number of aliphatic hydroxyl groups is 1. The van der Waals surface area contributed by atoms with Crippen LogP contribution in [-0.2, 0) is 26.7 Å². The van der Waals surface area contributed by atoms with Crippen molar-refractivity contribution in [2.45, 2.75) is 12.4 Å². The summed E-state index contributed by atoms with van der Waals surface area (Å²) in [6.07, 6.45) is 0. The van der Waals surface area contributed by atoms with Crippen LogP contribution in [0.5, 0.6) is 0 Å². The van der Waals surface area contributed by atoms with Gasteiger partial charge < -0.3 is 14.6 Å². The maximum atomic E-state index is 12.1. The second-order valence-electron chi connectivity index (χ2n) is 4.64. The van der Waals surface area contributed by atoms with Gasteiger partial charge in [-0.25, -0.2) is 9.59 Å². The number of benzene rings is 2. The highest BCUT2D eigenvalue weighted by Gasteiger charge is 2.51. The van der Waals surface area contributed by atoms with Crippen LogP contribution >= 0.6 is 0 Å². The fourth-order valence-corrected chi connectivity index (χ4v) is 2.17. The minimum absolute atomic E-state index is 0.0122. The maximum absolute atomic E-state index is 12.1. The summed E-state index contributed by atoms with van der Waals surface area (Å²) in [5.74, 6) is -4.13. The van der Waals surface area contributed by atoms with Crippen molar-refractivity contribution < 1.29 is 24.2 Å². The largest absolute Gasteiger partial charge is 0.456 e. The molecule has 0 aromatic heterocycles. The van der Waals surface area contributed by atoms with E-state index in [0.717, 1.165) is 5.56 Å². The number of hydrogen-bond acceptors (Lipinski definition) is 5. The molecule has 0 fully saturated rings. The molecule has 5 nitrogen and oxygen atoms in total. The van der Waals surface area contributed by atoms with Gasteiger partial charge in [-0.05, 0) is 11.6 Å². The van der Waals surface area contributed by atoms with Crippen LogP contribution in [0.2, 0.25) is 0 Å². The summed E-state index contributed by atoms with van der Waals surface area (Å²) in [5, 5.41) is 10.3. The summed E-state index contributed by atoms with van der Waals surface area (Å²) >= 11 is 0. The Bertz CT molecular complexity index is 695. The molecule has 0 aliphatic carbocycles. The molecule has 0 saturated carbocycles. The number of carbonyl (C=O) groups excluding carboxylic acids is 2. The van der Waals surface area contributed by atoms with E-state index in [-0.39, 0.29) is 17.7 Å². The van der Waals surface area contributed by atoms with Crippen LogP contribution in [0, 0.1) is 0 Å². The molecule has 1 aliphatic heterocycles. The quantitative estimate of drug-likeness (QED) is 0.869. The minimum Gasteiger partial charge on any atom is -0.456 e. The average Bonchev–Trinajstić information content (AvgIpc) is 2.79. The minimum atomic E-state index is -2.37. The molecule has 1 N–H and O–H groups in total. The standard InChI is InChI=1S/C16H12O5/c17-14-12-8-4-5-9-13(12)16(19,21-14)15(18)20-10-11-6-2-1-3-7-11/h1-9,19H,10H2. The zero-order valence-electron chi connectivity index (χ0n) is 11.0. The van der Waals surface area contributed by atoms with Crippen molar-refractivity contribution in [3.05, 3.63) is 71.3 Å². The Morgan fingerprint density at radius 3 is 2.52 bits per heavy atom. The molecule has 1 heterocycles. The van der Waals surface area contributed by atoms with Crippen molar-refractivity contribution in [1.82, 2.24) is 0 Å². The van der Waals surface area contributed by atoms with E-state index in [0.29, 0.717) is 0 Å². The van der Waals surface area contributed by atoms with Crippen LogP contribution in [0.1, 0.15) is 21.5 Å². The maximum Gasteiger partial charge on any atom is 0.385 e. The smallest absolute Gasteiger partial charge is 0.385 e. The Morgan fingerprint density at radius 2 is 1.76 bits per heavy atom. The lowest BCUT2D eigenvalue weighted by Crippen LogP contribution is -2.37. The number of rotatable bonds is 3. The molecule has 1 atom stereocenters. The van der Waals surface area contributed by atoms with Gasteiger partial charge in [0.25, 0.3) is 0 Å². The van der Waals surface area contributed by atoms with Gasteiger partial charge in [-0.3, -0.25) is 0 Å². The van der Waals surface area contributed by atoms with E-state index in [9.17, 15) is 14.7 Å². The first-order valence-electron chi connectivity index (χ1n) is 6.37. The number of esters is 2. The number of carbonyl (C=O) groups is 2. The van der Waals surface area contributed by atoms with Crippen molar-refractivity contribution in [3.8, 4) is 0 Å². The summed E-state index contributed by atoms with van der Waals surface area (Å²) in [5.41, 5.74) is 1.04. The Kier molecular flexibility index (Phi) is 3.19. The summed E-state index contributed by atoms with van der Waals surface area (Å²) in [4.78, 5) is 23.8. The van der Waals surface area contributed by atoms with Crippen molar-refractivity contribution in [3.63, 3.8) is 0 Å². The van der Waals surface area contributed by atoms with Gasteiger partial charge in [0.1, 0.15) is 6.61 Å². The first-order chi connectivity index (χ1) is 10.1. The number of hydrogen-bond donors (Lipinski definition) is 1. The highest BCUT2D eigenvalue weighted by atomic mass is 16.7. The lowest BCUT2D eigenvalue weighted by Gasteiger charge is -2.20. The molecule has 3 rings (SSSR count). The van der Waals surface area contributed by atoms with E-state index in [1.807, 2.05) is 18.2 Å². The highest BCUT2D eigenvalue weighted by molar-refractivity contribution is 5.99. The molecule has 1 unspecified atom stereocenters. The Hall–Kier alpha value is -2.66. The topological polar surface area (TPSA) is 72.8 Å².